The Kier molecular flexibility index (Phi) is 4.86. The number of hydrogen-bond donors (Lipinski definition) is 1. The van der Waals surface area contributed by atoms with Gasteiger partial charge in [0.1, 0.15) is 0 Å². The first-order valence-corrected chi connectivity index (χ1v) is 10.4. The molecule has 0 unspecified atom stereocenters. The molecule has 2 heterocycles. The van der Waals surface area contributed by atoms with Crippen LogP contribution in [0.15, 0.2) is 66.7 Å². The van der Waals surface area contributed by atoms with Crippen molar-refractivity contribution in [2.45, 2.75) is 0 Å². The SMILES string of the molecule is CN(C)C(=O)c1ccc(C=Cc2n[nH]c3ccccc23)c(N2C(=O)c3ccccc3C2=O)c1. The van der Waals surface area contributed by atoms with Crippen LogP contribution in [-0.2, 0) is 0 Å². The highest BCUT2D eigenvalue weighted by molar-refractivity contribution is 6.35. The van der Waals surface area contributed by atoms with Gasteiger partial charge in [0, 0.05) is 25.0 Å². The first kappa shape index (κ1) is 20.4. The molecule has 3 aromatic carbocycles. The van der Waals surface area contributed by atoms with Crippen LogP contribution in [0.4, 0.5) is 5.69 Å². The lowest BCUT2D eigenvalue weighted by Crippen LogP contribution is -2.30. The second-order valence-electron chi connectivity index (χ2n) is 7.95. The first-order chi connectivity index (χ1) is 16.0. The highest BCUT2D eigenvalue weighted by Gasteiger charge is 2.37. The molecule has 33 heavy (non-hydrogen) atoms. The molecule has 7 heteroatoms. The van der Waals surface area contributed by atoms with Crippen LogP contribution in [0.3, 0.4) is 0 Å². The number of imide groups is 1. The average molecular weight is 436 g/mol. The van der Waals surface area contributed by atoms with Gasteiger partial charge in [0.05, 0.1) is 28.0 Å². The van der Waals surface area contributed by atoms with E-state index in [0.717, 1.165) is 21.5 Å². The molecule has 1 N–H and O–H groups in total. The van der Waals surface area contributed by atoms with E-state index in [1.54, 1.807) is 62.6 Å². The number of fused-ring (bicyclic) bond motifs is 2. The van der Waals surface area contributed by atoms with Crippen molar-refractivity contribution in [1.82, 2.24) is 15.1 Å². The fourth-order valence-corrected chi connectivity index (χ4v) is 3.96. The monoisotopic (exact) mass is 436 g/mol. The number of para-hydroxylation sites is 1. The van der Waals surface area contributed by atoms with Crippen molar-refractivity contribution in [2.75, 3.05) is 19.0 Å². The zero-order chi connectivity index (χ0) is 23.1. The number of anilines is 1. The predicted molar refractivity (Wildman–Crippen MR) is 127 cm³/mol. The van der Waals surface area contributed by atoms with E-state index >= 15 is 0 Å². The number of aromatic nitrogens is 2. The van der Waals surface area contributed by atoms with Crippen LogP contribution < -0.4 is 4.90 Å². The maximum atomic E-state index is 13.2. The van der Waals surface area contributed by atoms with Crippen LogP contribution in [0.1, 0.15) is 42.3 Å². The van der Waals surface area contributed by atoms with Gasteiger partial charge in [-0.2, -0.15) is 5.10 Å². The largest absolute Gasteiger partial charge is 0.345 e. The quantitative estimate of drug-likeness (QED) is 0.485. The van der Waals surface area contributed by atoms with Gasteiger partial charge < -0.3 is 4.90 Å². The number of benzene rings is 3. The normalized spacial score (nSPS) is 13.2. The molecule has 0 fully saturated rings. The van der Waals surface area contributed by atoms with E-state index in [9.17, 15) is 14.4 Å². The zero-order valence-corrected chi connectivity index (χ0v) is 18.1. The summed E-state index contributed by atoms with van der Waals surface area (Å²) in [6.07, 6.45) is 3.62. The van der Waals surface area contributed by atoms with Crippen LogP contribution in [0.2, 0.25) is 0 Å². The highest BCUT2D eigenvalue weighted by Crippen LogP contribution is 2.33. The van der Waals surface area contributed by atoms with Gasteiger partial charge in [-0.3, -0.25) is 19.5 Å². The molecule has 5 rings (SSSR count). The van der Waals surface area contributed by atoms with E-state index in [1.807, 2.05) is 30.3 Å². The average Bonchev–Trinajstić information content (AvgIpc) is 3.36. The fourth-order valence-electron chi connectivity index (χ4n) is 3.96. The van der Waals surface area contributed by atoms with Gasteiger partial charge in [-0.15, -0.1) is 0 Å². The minimum Gasteiger partial charge on any atom is -0.345 e. The van der Waals surface area contributed by atoms with Crippen molar-refractivity contribution < 1.29 is 14.4 Å². The minimum absolute atomic E-state index is 0.221. The molecule has 162 valence electrons. The number of H-pyrrole nitrogens is 1. The molecule has 7 nitrogen and oxygen atoms in total. The van der Waals surface area contributed by atoms with Crippen molar-refractivity contribution in [3.63, 3.8) is 0 Å². The van der Waals surface area contributed by atoms with Gasteiger partial charge in [-0.1, -0.05) is 42.5 Å². The molecule has 3 amide bonds. The van der Waals surface area contributed by atoms with E-state index < -0.39 is 11.8 Å². The van der Waals surface area contributed by atoms with Gasteiger partial charge >= 0.3 is 0 Å². The Morgan fingerprint density at radius 1 is 0.909 bits per heavy atom. The molecule has 0 saturated carbocycles. The summed E-state index contributed by atoms with van der Waals surface area (Å²) in [4.78, 5) is 41.5. The summed E-state index contributed by atoms with van der Waals surface area (Å²) in [7, 11) is 3.31. The number of aromatic amines is 1. The Balaban J connectivity index is 1.62. The molecule has 0 saturated heterocycles. The van der Waals surface area contributed by atoms with E-state index in [1.165, 1.54) is 4.90 Å². The summed E-state index contributed by atoms with van der Waals surface area (Å²) in [6, 6.07) is 19.5. The second-order valence-corrected chi connectivity index (χ2v) is 7.95. The van der Waals surface area contributed by atoms with Gasteiger partial charge in [0.15, 0.2) is 0 Å². The maximum absolute atomic E-state index is 13.2. The molecule has 1 aromatic heterocycles. The third-order valence-corrected chi connectivity index (χ3v) is 5.64. The van der Waals surface area contributed by atoms with Gasteiger partial charge in [0.2, 0.25) is 0 Å². The van der Waals surface area contributed by atoms with E-state index in [4.69, 9.17) is 0 Å². The Labute approximate surface area is 189 Å². The molecule has 1 aliphatic heterocycles. The van der Waals surface area contributed by atoms with Gasteiger partial charge in [-0.25, -0.2) is 4.90 Å². The number of amides is 3. The topological polar surface area (TPSA) is 86.4 Å². The molecule has 1 aliphatic rings. The van der Waals surface area contributed by atoms with E-state index in [0.29, 0.717) is 27.9 Å². The van der Waals surface area contributed by atoms with Crippen LogP contribution in [-0.4, -0.2) is 46.9 Å². The molecule has 0 spiro atoms. The molecular formula is C26H20N4O3. The molecule has 0 atom stereocenters. The van der Waals surface area contributed by atoms with Crippen LogP contribution in [0, 0.1) is 0 Å². The Morgan fingerprint density at radius 3 is 2.27 bits per heavy atom. The lowest BCUT2D eigenvalue weighted by atomic mass is 10.1. The smallest absolute Gasteiger partial charge is 0.266 e. The van der Waals surface area contributed by atoms with Gasteiger partial charge in [0.25, 0.3) is 17.7 Å². The molecule has 4 aromatic rings. The van der Waals surface area contributed by atoms with Crippen molar-refractivity contribution in [1.29, 1.82) is 0 Å². The van der Waals surface area contributed by atoms with E-state index in [2.05, 4.69) is 10.2 Å². The molecule has 0 aliphatic carbocycles. The fraction of sp³-hybridized carbons (Fsp3) is 0.0769. The van der Waals surface area contributed by atoms with Crippen LogP contribution >= 0.6 is 0 Å². The Morgan fingerprint density at radius 2 is 1.58 bits per heavy atom. The summed E-state index contributed by atoms with van der Waals surface area (Å²) in [5.74, 6) is -1.04. The number of carbonyl (C=O) groups is 3. The summed E-state index contributed by atoms with van der Waals surface area (Å²) < 4.78 is 0. The van der Waals surface area contributed by atoms with Crippen molar-refractivity contribution in [2.24, 2.45) is 0 Å². The van der Waals surface area contributed by atoms with Crippen LogP contribution in [0.25, 0.3) is 23.1 Å². The third kappa shape index (κ3) is 3.40. The van der Waals surface area contributed by atoms with Crippen molar-refractivity contribution in [3.05, 3.63) is 94.7 Å². The summed E-state index contributed by atoms with van der Waals surface area (Å²) in [5, 5.41) is 8.29. The maximum Gasteiger partial charge on any atom is 0.266 e. The van der Waals surface area contributed by atoms with Crippen molar-refractivity contribution >= 4 is 46.5 Å². The standard InChI is InChI=1S/C26H20N4O3/c1-29(2)24(31)17-12-11-16(13-14-22-20-9-5-6-10-21(20)27-28-22)23(15-17)30-25(32)18-7-3-4-8-19(18)26(30)33/h3-15H,1-2H3,(H,27,28). The lowest BCUT2D eigenvalue weighted by Gasteiger charge is -2.19. The van der Waals surface area contributed by atoms with Gasteiger partial charge in [-0.05, 0) is 42.0 Å². The summed E-state index contributed by atoms with van der Waals surface area (Å²) in [6.45, 7) is 0. The summed E-state index contributed by atoms with van der Waals surface area (Å²) in [5.41, 5.74) is 3.68. The number of nitrogens with zero attached hydrogens (tertiary/aromatic N) is 3. The first-order valence-electron chi connectivity index (χ1n) is 10.4. The zero-order valence-electron chi connectivity index (χ0n) is 18.1. The highest BCUT2D eigenvalue weighted by atomic mass is 16.2. The number of rotatable bonds is 4. The molecule has 0 bridgehead atoms. The Hall–Kier alpha value is -4.52. The number of nitrogens with one attached hydrogen (secondary N) is 1. The van der Waals surface area contributed by atoms with E-state index in [-0.39, 0.29) is 5.91 Å². The van der Waals surface area contributed by atoms with Crippen LogP contribution in [0.5, 0.6) is 0 Å². The predicted octanol–water partition coefficient (Wildman–Crippen LogP) is 4.24. The molecule has 0 radical (unpaired) electrons. The van der Waals surface area contributed by atoms with Crippen molar-refractivity contribution in [3.8, 4) is 0 Å². The summed E-state index contributed by atoms with van der Waals surface area (Å²) >= 11 is 0. The lowest BCUT2D eigenvalue weighted by molar-refractivity contribution is 0.0825. The Bertz CT molecular complexity index is 1430. The second kappa shape index (κ2) is 7.87. The molecular weight excluding hydrogens is 416 g/mol. The third-order valence-electron chi connectivity index (χ3n) is 5.64. The number of carbonyl (C=O) groups excluding carboxylic acids is 3. The number of hydrogen-bond acceptors (Lipinski definition) is 4. The minimum atomic E-state index is -0.412.